The van der Waals surface area contributed by atoms with E-state index in [2.05, 4.69) is 19.9 Å². The average molecular weight is 710 g/mol. The minimum absolute atomic E-state index is 0.0143. The van der Waals surface area contributed by atoms with Gasteiger partial charge in [0.25, 0.3) is 0 Å². The number of pyridine rings is 2. The largest absolute Gasteiger partial charge is 0.490 e. The Bertz CT molecular complexity index is 1630. The summed E-state index contributed by atoms with van der Waals surface area (Å²) >= 11 is 0. The number of unbranched alkanes of at least 4 members (excludes halogenated alkanes) is 1. The van der Waals surface area contributed by atoms with E-state index in [9.17, 15) is 42.6 Å². The summed E-state index contributed by atoms with van der Waals surface area (Å²) in [6.07, 6.45) is -0.717. The lowest BCUT2D eigenvalue weighted by Gasteiger charge is -2.27. The quantitative estimate of drug-likeness (QED) is 0.103. The van der Waals surface area contributed by atoms with Crippen molar-refractivity contribution in [1.29, 1.82) is 0 Å². The lowest BCUT2D eigenvalue weighted by molar-refractivity contribution is -0.192. The molecule has 20 heteroatoms. The van der Waals surface area contributed by atoms with Gasteiger partial charge >= 0.3 is 36.0 Å². The van der Waals surface area contributed by atoms with Crippen LogP contribution in [0.25, 0.3) is 22.8 Å². The highest BCUT2D eigenvalue weighted by Gasteiger charge is 2.38. The molecule has 0 radical (unpaired) electrons. The Balaban J connectivity index is 0.00000112. The number of aromatic nitrogens is 4. The van der Waals surface area contributed by atoms with Crippen molar-refractivity contribution in [3.05, 3.63) is 60.2 Å². The molecule has 0 aliphatic heterocycles. The van der Waals surface area contributed by atoms with Gasteiger partial charge < -0.3 is 31.3 Å². The van der Waals surface area contributed by atoms with Gasteiger partial charge in [-0.3, -0.25) is 34.0 Å². The fraction of sp³-hybridized carbons (Fsp3) is 0.367. The lowest BCUT2D eigenvalue weighted by Crippen LogP contribution is -2.43. The van der Waals surface area contributed by atoms with E-state index < -0.39 is 61.7 Å². The van der Waals surface area contributed by atoms with Gasteiger partial charge in [-0.15, -0.1) is 0 Å². The topological polar surface area (TPSA) is 271 Å². The first-order valence-corrected chi connectivity index (χ1v) is 14.6. The van der Waals surface area contributed by atoms with E-state index >= 15 is 0 Å². The second-order valence-electron chi connectivity index (χ2n) is 10.5. The number of nitrogens with zero attached hydrogens (tertiary/aromatic N) is 6. The van der Waals surface area contributed by atoms with Gasteiger partial charge in [-0.1, -0.05) is 18.6 Å². The summed E-state index contributed by atoms with van der Waals surface area (Å²) < 4.78 is 31.7. The van der Waals surface area contributed by atoms with Gasteiger partial charge in [0.05, 0.1) is 54.8 Å². The minimum atomic E-state index is -5.08. The highest BCUT2D eigenvalue weighted by atomic mass is 19.4. The van der Waals surface area contributed by atoms with Crippen molar-refractivity contribution in [2.24, 2.45) is 5.73 Å². The van der Waals surface area contributed by atoms with Crippen LogP contribution in [0.15, 0.2) is 48.8 Å². The van der Waals surface area contributed by atoms with Crippen LogP contribution in [-0.2, 0) is 37.1 Å². The smallest absolute Gasteiger partial charge is 0.480 e. The van der Waals surface area contributed by atoms with E-state index in [1.54, 1.807) is 36.4 Å². The number of nitrogens with two attached hydrogens (primary N) is 1. The van der Waals surface area contributed by atoms with Crippen molar-refractivity contribution in [2.45, 2.75) is 44.6 Å². The fourth-order valence-corrected chi connectivity index (χ4v) is 4.42. The van der Waals surface area contributed by atoms with Gasteiger partial charge in [-0.2, -0.15) is 13.2 Å². The predicted molar refractivity (Wildman–Crippen MR) is 165 cm³/mol. The Morgan fingerprint density at radius 2 is 1.18 bits per heavy atom. The van der Waals surface area contributed by atoms with E-state index in [-0.39, 0.29) is 19.5 Å². The van der Waals surface area contributed by atoms with Crippen LogP contribution in [0.4, 0.5) is 13.2 Å². The van der Waals surface area contributed by atoms with E-state index in [0.29, 0.717) is 53.5 Å². The van der Waals surface area contributed by atoms with Crippen LogP contribution in [0, 0.1) is 0 Å². The van der Waals surface area contributed by atoms with Crippen LogP contribution in [-0.4, -0.2) is 124 Å². The maximum absolute atomic E-state index is 12.0. The molecule has 0 aliphatic carbocycles. The van der Waals surface area contributed by atoms with Gasteiger partial charge in [-0.05, 0) is 43.7 Å². The molecule has 270 valence electrons. The molecular formula is C30H34F3N7O10. The Morgan fingerprint density at radius 1 is 0.700 bits per heavy atom. The molecule has 17 nitrogen and oxygen atoms in total. The molecule has 3 rings (SSSR count). The molecule has 0 amide bonds. The fourth-order valence-electron chi connectivity index (χ4n) is 4.42. The molecule has 1 atom stereocenters. The third-order valence-electron chi connectivity index (χ3n) is 6.48. The first-order valence-electron chi connectivity index (χ1n) is 14.6. The van der Waals surface area contributed by atoms with Crippen molar-refractivity contribution < 1.29 is 62.7 Å². The average Bonchev–Trinajstić information content (AvgIpc) is 3.02. The Hall–Kier alpha value is -5.60. The molecule has 0 fully saturated rings. The van der Waals surface area contributed by atoms with Crippen molar-refractivity contribution >= 4 is 29.8 Å². The first kappa shape index (κ1) is 40.6. The molecule has 0 saturated heterocycles. The van der Waals surface area contributed by atoms with Gasteiger partial charge in [0.2, 0.25) is 0 Å². The van der Waals surface area contributed by atoms with Crippen LogP contribution >= 0.6 is 0 Å². The number of carbonyl (C=O) groups is 5. The second-order valence-corrected chi connectivity index (χ2v) is 10.5. The molecule has 0 saturated carbocycles. The maximum atomic E-state index is 12.0. The summed E-state index contributed by atoms with van der Waals surface area (Å²) in [5.74, 6) is -7.38. The van der Waals surface area contributed by atoms with Crippen LogP contribution in [0.5, 0.6) is 0 Å². The molecule has 0 bridgehead atoms. The SMILES string of the molecule is NCCCC[C@@H](C(=O)O)N(CC(=O)O)Cc1cccc(-c2cncc(-c3cccc(CN(CC(=O)O)CC(=O)O)n3)n2)n1.O=C(O)C(F)(F)F. The van der Waals surface area contributed by atoms with E-state index in [1.165, 1.54) is 22.2 Å². The number of hydrogen-bond donors (Lipinski definition) is 6. The zero-order valence-electron chi connectivity index (χ0n) is 26.2. The summed E-state index contributed by atoms with van der Waals surface area (Å²) in [6, 6.07) is 9.04. The minimum Gasteiger partial charge on any atom is -0.480 e. The predicted octanol–water partition coefficient (Wildman–Crippen LogP) is 1.67. The van der Waals surface area contributed by atoms with Crippen LogP contribution in [0.2, 0.25) is 0 Å². The van der Waals surface area contributed by atoms with E-state index in [4.69, 9.17) is 25.8 Å². The number of alkyl halides is 3. The summed E-state index contributed by atoms with van der Waals surface area (Å²) in [4.78, 5) is 75.2. The normalized spacial score (nSPS) is 11.8. The molecule has 3 aromatic heterocycles. The Labute approximate surface area is 281 Å². The first-order chi connectivity index (χ1) is 23.5. The number of hydrogen-bond acceptors (Lipinski definition) is 12. The summed E-state index contributed by atoms with van der Waals surface area (Å²) in [7, 11) is 0. The Morgan fingerprint density at radius 3 is 1.60 bits per heavy atom. The summed E-state index contributed by atoms with van der Waals surface area (Å²) in [6.45, 7) is -1.07. The number of carboxylic acids is 5. The van der Waals surface area contributed by atoms with Gasteiger partial charge in [-0.25, -0.2) is 19.7 Å². The monoisotopic (exact) mass is 709 g/mol. The zero-order valence-corrected chi connectivity index (χ0v) is 26.2. The molecule has 0 aliphatic rings. The molecule has 3 aromatic rings. The molecule has 0 spiro atoms. The van der Waals surface area contributed by atoms with E-state index in [0.717, 1.165) is 0 Å². The van der Waals surface area contributed by atoms with Crippen molar-refractivity contribution in [3.8, 4) is 22.8 Å². The number of aliphatic carboxylic acids is 5. The molecule has 50 heavy (non-hydrogen) atoms. The highest BCUT2D eigenvalue weighted by Crippen LogP contribution is 2.21. The highest BCUT2D eigenvalue weighted by molar-refractivity contribution is 5.76. The molecule has 3 heterocycles. The third-order valence-corrected chi connectivity index (χ3v) is 6.48. The summed E-state index contributed by atoms with van der Waals surface area (Å²) in [5, 5.41) is 44.6. The second kappa shape index (κ2) is 19.4. The van der Waals surface area contributed by atoms with E-state index in [1.807, 2.05) is 0 Å². The molecule has 0 unspecified atom stereocenters. The number of halogens is 3. The van der Waals surface area contributed by atoms with Crippen molar-refractivity contribution in [3.63, 3.8) is 0 Å². The molecular weight excluding hydrogens is 675 g/mol. The third kappa shape index (κ3) is 14.3. The Kier molecular flexibility index (Phi) is 15.8. The molecule has 7 N–H and O–H groups in total. The zero-order chi connectivity index (χ0) is 37.4. The lowest BCUT2D eigenvalue weighted by atomic mass is 10.1. The van der Waals surface area contributed by atoms with Gasteiger partial charge in [0.1, 0.15) is 17.4 Å². The standard InChI is InChI=1S/C28H33N7O8.C2HF3O2/c29-10-2-1-9-24(28(42)43)35(17-27(40)41)14-19-6-4-8-21(32-19)23-12-30-11-22(33-23)20-7-3-5-18(31-20)13-34(15-25(36)37)16-26(38)39;3-2(4,5)1(6)7/h3-8,11-12,24H,1-2,9-10,13-17,29H2,(H,36,37)(H,38,39)(H,40,41)(H,42,43);(H,6,7)/t24-;/m0./s1. The number of carboxylic acid groups (broad SMARTS) is 5. The van der Waals surface area contributed by atoms with Gasteiger partial charge in [0.15, 0.2) is 0 Å². The van der Waals surface area contributed by atoms with Crippen LogP contribution in [0.3, 0.4) is 0 Å². The summed E-state index contributed by atoms with van der Waals surface area (Å²) in [5.41, 5.74) is 8.00. The van der Waals surface area contributed by atoms with Crippen molar-refractivity contribution in [2.75, 3.05) is 26.2 Å². The maximum Gasteiger partial charge on any atom is 0.490 e. The van der Waals surface area contributed by atoms with Gasteiger partial charge in [0, 0.05) is 13.1 Å². The van der Waals surface area contributed by atoms with Crippen molar-refractivity contribution in [1.82, 2.24) is 29.7 Å². The molecule has 0 aromatic carbocycles. The van der Waals surface area contributed by atoms with Crippen LogP contribution in [0.1, 0.15) is 30.7 Å². The van der Waals surface area contributed by atoms with Crippen LogP contribution < -0.4 is 5.73 Å². The number of rotatable bonds is 18.